The van der Waals surface area contributed by atoms with Crippen LogP contribution in [0.1, 0.15) is 5.82 Å². The van der Waals surface area contributed by atoms with Crippen molar-refractivity contribution in [1.82, 2.24) is 15.0 Å². The molecule has 3 heterocycles. The van der Waals surface area contributed by atoms with Crippen LogP contribution in [0, 0.1) is 0 Å². The van der Waals surface area contributed by atoms with Gasteiger partial charge in [0.2, 0.25) is 0 Å². The summed E-state index contributed by atoms with van der Waals surface area (Å²) < 4.78 is 11.5. The number of oxazole rings is 1. The molecule has 0 amide bonds. The Kier molecular flexibility index (Phi) is 4.57. The van der Waals surface area contributed by atoms with E-state index >= 15 is 0 Å². The third-order valence-corrected chi connectivity index (χ3v) is 6.42. The molecule has 0 saturated heterocycles. The van der Waals surface area contributed by atoms with Gasteiger partial charge in [-0.05, 0) is 48.0 Å². The van der Waals surface area contributed by atoms with Gasteiger partial charge in [-0.1, -0.05) is 23.9 Å². The predicted octanol–water partition coefficient (Wildman–Crippen LogP) is 5.09. The maximum atomic E-state index is 12.5. The third-order valence-electron chi connectivity index (χ3n) is 4.41. The molecule has 0 fully saturated rings. The first-order chi connectivity index (χ1) is 14.2. The molecular weight excluding hydrogens is 406 g/mol. The van der Waals surface area contributed by atoms with Gasteiger partial charge in [-0.15, -0.1) is 11.3 Å². The van der Waals surface area contributed by atoms with Crippen LogP contribution in [0.25, 0.3) is 31.8 Å². The van der Waals surface area contributed by atoms with Crippen molar-refractivity contribution in [2.75, 3.05) is 7.11 Å². The van der Waals surface area contributed by atoms with E-state index in [0.29, 0.717) is 27.0 Å². The average Bonchev–Trinajstić information content (AvgIpc) is 3.36. The second kappa shape index (κ2) is 7.38. The van der Waals surface area contributed by atoms with Crippen molar-refractivity contribution in [1.29, 1.82) is 0 Å². The van der Waals surface area contributed by atoms with Gasteiger partial charge in [-0.3, -0.25) is 4.79 Å². The number of aromatic amines is 1. The minimum absolute atomic E-state index is 0.132. The number of rotatable bonds is 5. The molecule has 5 aromatic rings. The van der Waals surface area contributed by atoms with E-state index in [1.165, 1.54) is 23.1 Å². The molecule has 0 aliphatic rings. The first-order valence-corrected chi connectivity index (χ1v) is 10.7. The second-order valence-corrected chi connectivity index (χ2v) is 8.28. The van der Waals surface area contributed by atoms with Gasteiger partial charge in [-0.25, -0.2) is 9.97 Å². The number of ether oxygens (including phenoxy) is 1. The molecule has 3 aromatic heterocycles. The smallest absolute Gasteiger partial charge is 0.268 e. The normalized spacial score (nSPS) is 11.3. The first-order valence-electron chi connectivity index (χ1n) is 8.85. The van der Waals surface area contributed by atoms with Crippen LogP contribution in [-0.2, 0) is 5.75 Å². The number of benzene rings is 2. The zero-order valence-corrected chi connectivity index (χ0v) is 17.0. The summed E-state index contributed by atoms with van der Waals surface area (Å²) in [6.07, 6.45) is 0. The summed E-state index contributed by atoms with van der Waals surface area (Å²) in [5.74, 6) is 1.85. The number of aromatic nitrogens is 3. The Bertz CT molecular complexity index is 1340. The molecule has 29 heavy (non-hydrogen) atoms. The summed E-state index contributed by atoms with van der Waals surface area (Å²) in [7, 11) is 1.64. The molecular formula is C21H15N3O3S2. The summed E-state index contributed by atoms with van der Waals surface area (Å²) in [5, 5.41) is 0.554. The molecule has 1 N–H and O–H groups in total. The summed E-state index contributed by atoms with van der Waals surface area (Å²) in [4.78, 5) is 25.5. The quantitative estimate of drug-likeness (QED) is 0.398. The molecule has 0 bridgehead atoms. The predicted molar refractivity (Wildman–Crippen MR) is 116 cm³/mol. The van der Waals surface area contributed by atoms with E-state index in [4.69, 9.17) is 9.15 Å². The third kappa shape index (κ3) is 3.52. The molecule has 0 spiro atoms. The first kappa shape index (κ1) is 18.0. The summed E-state index contributed by atoms with van der Waals surface area (Å²) in [6, 6.07) is 17.3. The molecule has 0 aliphatic carbocycles. The van der Waals surface area contributed by atoms with Gasteiger partial charge >= 0.3 is 0 Å². The van der Waals surface area contributed by atoms with E-state index in [0.717, 1.165) is 27.3 Å². The fourth-order valence-corrected chi connectivity index (χ4v) is 4.70. The minimum Gasteiger partial charge on any atom is -0.497 e. The molecule has 6 nitrogen and oxygen atoms in total. The number of thiophene rings is 1. The van der Waals surface area contributed by atoms with Crippen LogP contribution in [-0.4, -0.2) is 22.1 Å². The number of thioether (sulfide) groups is 1. The van der Waals surface area contributed by atoms with Gasteiger partial charge < -0.3 is 14.1 Å². The Morgan fingerprint density at radius 3 is 2.72 bits per heavy atom. The highest BCUT2D eigenvalue weighted by Gasteiger charge is 2.12. The molecule has 0 radical (unpaired) electrons. The van der Waals surface area contributed by atoms with E-state index in [1.54, 1.807) is 7.11 Å². The molecule has 2 aromatic carbocycles. The summed E-state index contributed by atoms with van der Waals surface area (Å²) in [5.41, 5.74) is 3.14. The standard InChI is InChI=1S/C21H15N3O3S2/c1-26-13-8-6-12(7-9-13)17-10-15-19(29-17)20(25)24-18(22-15)11-28-21-23-14-4-2-3-5-16(14)27-21/h2-10H,11H2,1H3,(H,22,24,25). The number of H-pyrrole nitrogens is 1. The lowest BCUT2D eigenvalue weighted by atomic mass is 10.2. The molecule has 0 aliphatic heterocycles. The van der Waals surface area contributed by atoms with Gasteiger partial charge in [0.1, 0.15) is 21.8 Å². The number of methoxy groups -OCH3 is 1. The zero-order valence-electron chi connectivity index (χ0n) is 15.3. The zero-order chi connectivity index (χ0) is 19.8. The van der Waals surface area contributed by atoms with Crippen LogP contribution in [0.15, 0.2) is 69.0 Å². The van der Waals surface area contributed by atoms with Crippen molar-refractivity contribution in [3.05, 3.63) is 70.8 Å². The Labute approximate surface area is 173 Å². The maximum absolute atomic E-state index is 12.5. The van der Waals surface area contributed by atoms with Crippen LogP contribution in [0.4, 0.5) is 0 Å². The van der Waals surface area contributed by atoms with Gasteiger partial charge in [0.25, 0.3) is 10.8 Å². The fraction of sp³-hybridized carbons (Fsp3) is 0.0952. The Morgan fingerprint density at radius 2 is 1.93 bits per heavy atom. The highest BCUT2D eigenvalue weighted by atomic mass is 32.2. The van der Waals surface area contributed by atoms with Crippen LogP contribution < -0.4 is 10.3 Å². The SMILES string of the molecule is COc1ccc(-c2cc3nc(CSc4nc5ccccc5o4)[nH]c(=O)c3s2)cc1. The Hall–Kier alpha value is -3.10. The van der Waals surface area contributed by atoms with Crippen LogP contribution in [0.3, 0.4) is 0 Å². The minimum atomic E-state index is -0.132. The number of fused-ring (bicyclic) bond motifs is 2. The van der Waals surface area contributed by atoms with Crippen molar-refractivity contribution < 1.29 is 9.15 Å². The number of nitrogens with one attached hydrogen (secondary N) is 1. The van der Waals surface area contributed by atoms with Gasteiger partial charge in [0, 0.05) is 4.88 Å². The molecule has 0 saturated carbocycles. The molecule has 144 valence electrons. The van der Waals surface area contributed by atoms with Crippen LogP contribution >= 0.6 is 23.1 Å². The van der Waals surface area contributed by atoms with E-state index < -0.39 is 0 Å². The average molecular weight is 422 g/mol. The molecule has 0 unspecified atom stereocenters. The van der Waals surface area contributed by atoms with E-state index in [2.05, 4.69) is 15.0 Å². The van der Waals surface area contributed by atoms with Crippen LogP contribution in [0.2, 0.25) is 0 Å². The largest absolute Gasteiger partial charge is 0.497 e. The number of para-hydroxylation sites is 2. The van der Waals surface area contributed by atoms with E-state index in [9.17, 15) is 4.79 Å². The summed E-state index contributed by atoms with van der Waals surface area (Å²) in [6.45, 7) is 0. The van der Waals surface area contributed by atoms with E-state index in [1.807, 2.05) is 54.6 Å². The Morgan fingerprint density at radius 1 is 1.10 bits per heavy atom. The van der Waals surface area contributed by atoms with Gasteiger partial charge in [0.15, 0.2) is 5.58 Å². The molecule has 5 rings (SSSR count). The second-order valence-electron chi connectivity index (χ2n) is 6.30. The topological polar surface area (TPSA) is 81.0 Å². The monoisotopic (exact) mass is 421 g/mol. The van der Waals surface area contributed by atoms with Crippen molar-refractivity contribution in [3.8, 4) is 16.2 Å². The van der Waals surface area contributed by atoms with Crippen molar-refractivity contribution in [2.45, 2.75) is 11.0 Å². The maximum Gasteiger partial charge on any atom is 0.268 e. The van der Waals surface area contributed by atoms with Crippen LogP contribution in [0.5, 0.6) is 5.75 Å². The molecule has 8 heteroatoms. The highest BCUT2D eigenvalue weighted by Crippen LogP contribution is 2.32. The highest BCUT2D eigenvalue weighted by molar-refractivity contribution is 7.98. The lowest BCUT2D eigenvalue weighted by Gasteiger charge is -2.00. The summed E-state index contributed by atoms with van der Waals surface area (Å²) >= 11 is 2.83. The fourth-order valence-electron chi connectivity index (χ4n) is 3.00. The lowest BCUT2D eigenvalue weighted by Crippen LogP contribution is -2.09. The number of hydrogen-bond acceptors (Lipinski definition) is 7. The van der Waals surface area contributed by atoms with Crippen molar-refractivity contribution in [3.63, 3.8) is 0 Å². The van der Waals surface area contributed by atoms with Crippen molar-refractivity contribution >= 4 is 44.4 Å². The van der Waals surface area contributed by atoms with Gasteiger partial charge in [0.05, 0.1) is 18.4 Å². The van der Waals surface area contributed by atoms with E-state index in [-0.39, 0.29) is 5.56 Å². The molecule has 0 atom stereocenters. The number of hydrogen-bond donors (Lipinski definition) is 1. The number of nitrogens with zero attached hydrogens (tertiary/aromatic N) is 2. The van der Waals surface area contributed by atoms with Crippen molar-refractivity contribution in [2.24, 2.45) is 0 Å². The Balaban J connectivity index is 1.42. The van der Waals surface area contributed by atoms with Gasteiger partial charge in [-0.2, -0.15) is 0 Å². The lowest BCUT2D eigenvalue weighted by molar-refractivity contribution is 0.415.